The van der Waals surface area contributed by atoms with E-state index in [0.717, 1.165) is 0 Å². The summed E-state index contributed by atoms with van der Waals surface area (Å²) in [7, 11) is 2.95. The Kier molecular flexibility index (Phi) is 11.5. The number of esters is 1. The molecule has 1 saturated heterocycles. The molecule has 3 rings (SSSR count). The monoisotopic (exact) mass is 563 g/mol. The van der Waals surface area contributed by atoms with Crippen molar-refractivity contribution in [1.29, 1.82) is 0 Å². The molecule has 3 heterocycles. The number of pyridine rings is 1. The van der Waals surface area contributed by atoms with E-state index in [4.69, 9.17) is 4.74 Å². The van der Waals surface area contributed by atoms with Crippen LogP contribution in [0.3, 0.4) is 0 Å². The van der Waals surface area contributed by atoms with E-state index in [0.29, 0.717) is 17.7 Å². The van der Waals surface area contributed by atoms with E-state index in [-0.39, 0.29) is 24.5 Å². The Morgan fingerprint density at radius 3 is 2.61 bits per heavy atom. The standard InChI is InChI=1S/C25H33N5O6S2/c1-15(2)22-25(35)27-13-21(32)36-17-7-3-4-9-37-38-14-19(24(34)30-22)29-23(33)18(28-20(31)11-17)10-16-6-5-8-26-12-16/h3,5-8,12,15,17-19,22H,4,9-11,13-14H2,1-2H3,(H,27,35)(H,28,31)(H,29,33)(H,30,34)/b7-3+/t17-,18-,19-,22-/m1/s1. The fourth-order valence-corrected chi connectivity index (χ4v) is 5.97. The first-order chi connectivity index (χ1) is 18.2. The molecular formula is C25H33N5O6S2. The molecule has 206 valence electrons. The summed E-state index contributed by atoms with van der Waals surface area (Å²) in [5, 5.41) is 10.7. The molecule has 4 N–H and O–H groups in total. The second-order valence-corrected chi connectivity index (χ2v) is 11.9. The number of amides is 4. The second kappa shape index (κ2) is 14.8. The zero-order chi connectivity index (χ0) is 27.5. The molecule has 0 spiro atoms. The number of carbonyl (C=O) groups is 5. The number of allylic oxidation sites excluding steroid dienone is 1. The molecule has 2 aliphatic heterocycles. The van der Waals surface area contributed by atoms with Crippen LogP contribution >= 0.6 is 21.6 Å². The maximum Gasteiger partial charge on any atom is 0.326 e. The van der Waals surface area contributed by atoms with Crippen LogP contribution in [0, 0.1) is 5.92 Å². The molecule has 1 fully saturated rings. The van der Waals surface area contributed by atoms with Gasteiger partial charge in [0.1, 0.15) is 30.8 Å². The van der Waals surface area contributed by atoms with Gasteiger partial charge in [-0.3, -0.25) is 29.0 Å². The van der Waals surface area contributed by atoms with Crippen LogP contribution < -0.4 is 21.3 Å². The van der Waals surface area contributed by atoms with E-state index in [2.05, 4.69) is 26.3 Å². The topological polar surface area (TPSA) is 156 Å². The lowest BCUT2D eigenvalue weighted by atomic mass is 10.0. The number of hydrogen-bond donors (Lipinski definition) is 4. The third kappa shape index (κ3) is 9.35. The highest BCUT2D eigenvalue weighted by atomic mass is 33.1. The van der Waals surface area contributed by atoms with Crippen LogP contribution in [0.15, 0.2) is 36.7 Å². The smallest absolute Gasteiger partial charge is 0.326 e. The molecule has 2 bridgehead atoms. The summed E-state index contributed by atoms with van der Waals surface area (Å²) in [6.45, 7) is 3.11. The molecule has 1 aromatic rings. The molecule has 2 aliphatic rings. The minimum Gasteiger partial charge on any atom is -0.456 e. The highest BCUT2D eigenvalue weighted by molar-refractivity contribution is 8.76. The quantitative estimate of drug-likeness (QED) is 0.234. The van der Waals surface area contributed by atoms with Gasteiger partial charge in [0.15, 0.2) is 0 Å². The minimum absolute atomic E-state index is 0.138. The van der Waals surface area contributed by atoms with E-state index in [9.17, 15) is 24.0 Å². The van der Waals surface area contributed by atoms with Crippen molar-refractivity contribution in [2.24, 2.45) is 5.92 Å². The lowest BCUT2D eigenvalue weighted by molar-refractivity contribution is -0.148. The van der Waals surface area contributed by atoms with Gasteiger partial charge < -0.3 is 26.0 Å². The zero-order valence-electron chi connectivity index (χ0n) is 21.3. The fourth-order valence-electron chi connectivity index (χ4n) is 3.81. The van der Waals surface area contributed by atoms with Crippen LogP contribution in [-0.2, 0) is 35.1 Å². The minimum atomic E-state index is -1.01. The van der Waals surface area contributed by atoms with E-state index in [1.165, 1.54) is 21.6 Å². The molecule has 0 aromatic carbocycles. The SMILES string of the molecule is CC(C)[C@H]1NC(=O)[C@H]2CSSCC/C=C/[C@H](CC(=O)N[C@H](Cc3cccnc3)C(=O)N2)OC(=O)CNC1=O. The van der Waals surface area contributed by atoms with Gasteiger partial charge in [-0.05, 0) is 30.0 Å². The number of hydrogen-bond acceptors (Lipinski definition) is 9. The average Bonchev–Trinajstić information content (AvgIpc) is 2.88. The van der Waals surface area contributed by atoms with E-state index in [1.807, 2.05) is 6.08 Å². The first-order valence-corrected chi connectivity index (χ1v) is 14.9. The average molecular weight is 564 g/mol. The van der Waals surface area contributed by atoms with Crippen LogP contribution in [0.1, 0.15) is 32.3 Å². The van der Waals surface area contributed by atoms with Gasteiger partial charge in [0.2, 0.25) is 23.6 Å². The number of nitrogens with zero attached hydrogens (tertiary/aromatic N) is 1. The fraction of sp³-hybridized carbons (Fsp3) is 0.520. The van der Waals surface area contributed by atoms with Crippen molar-refractivity contribution in [3.63, 3.8) is 0 Å². The molecule has 4 amide bonds. The summed E-state index contributed by atoms with van der Waals surface area (Å²) in [6.07, 6.45) is 6.35. The third-order valence-electron chi connectivity index (χ3n) is 5.81. The first kappa shape index (κ1) is 29.5. The van der Waals surface area contributed by atoms with Crippen LogP contribution in [0.5, 0.6) is 0 Å². The zero-order valence-corrected chi connectivity index (χ0v) is 22.9. The largest absolute Gasteiger partial charge is 0.456 e. The summed E-state index contributed by atoms with van der Waals surface area (Å²) >= 11 is 0. The van der Waals surface area contributed by atoms with Gasteiger partial charge in [-0.1, -0.05) is 47.6 Å². The number of fused-ring (bicyclic) bond motifs is 7. The Balaban J connectivity index is 1.98. The Labute approximate surface area is 229 Å². The molecule has 13 heteroatoms. The van der Waals surface area contributed by atoms with Crippen molar-refractivity contribution in [2.45, 2.75) is 57.3 Å². The number of rotatable bonds is 3. The van der Waals surface area contributed by atoms with E-state index >= 15 is 0 Å². The highest BCUT2D eigenvalue weighted by Crippen LogP contribution is 2.23. The van der Waals surface area contributed by atoms with Crippen molar-refractivity contribution < 1.29 is 28.7 Å². The summed E-state index contributed by atoms with van der Waals surface area (Å²) in [4.78, 5) is 69.1. The molecule has 0 aliphatic carbocycles. The van der Waals surface area contributed by atoms with Gasteiger partial charge in [0.25, 0.3) is 0 Å². The molecule has 0 radical (unpaired) electrons. The van der Waals surface area contributed by atoms with E-state index < -0.39 is 60.4 Å². The summed E-state index contributed by atoms with van der Waals surface area (Å²) in [6, 6.07) is 0.596. The number of ether oxygens (including phenoxy) is 1. The molecule has 0 unspecified atom stereocenters. The van der Waals surface area contributed by atoms with Crippen LogP contribution in [0.4, 0.5) is 0 Å². The molecule has 0 saturated carbocycles. The van der Waals surface area contributed by atoms with Crippen LogP contribution in [-0.4, -0.2) is 76.9 Å². The molecule has 4 atom stereocenters. The van der Waals surface area contributed by atoms with E-state index in [1.54, 1.807) is 44.4 Å². The second-order valence-electron chi connectivity index (χ2n) is 9.25. The van der Waals surface area contributed by atoms with Gasteiger partial charge in [-0.25, -0.2) is 0 Å². The lowest BCUT2D eigenvalue weighted by Gasteiger charge is -2.27. The molecule has 38 heavy (non-hydrogen) atoms. The van der Waals surface area contributed by atoms with Gasteiger partial charge in [0.05, 0.1) is 6.42 Å². The van der Waals surface area contributed by atoms with Crippen molar-refractivity contribution in [2.75, 3.05) is 18.1 Å². The Hall–Kier alpha value is -3.06. The lowest BCUT2D eigenvalue weighted by Crippen LogP contribution is -2.59. The molecule has 11 nitrogen and oxygen atoms in total. The summed E-state index contributed by atoms with van der Waals surface area (Å²) < 4.78 is 5.47. The highest BCUT2D eigenvalue weighted by Gasteiger charge is 2.32. The summed E-state index contributed by atoms with van der Waals surface area (Å²) in [5.41, 5.74) is 0.714. The normalized spacial score (nSPS) is 27.3. The Morgan fingerprint density at radius 2 is 1.87 bits per heavy atom. The van der Waals surface area contributed by atoms with Gasteiger partial charge >= 0.3 is 5.97 Å². The van der Waals surface area contributed by atoms with Crippen molar-refractivity contribution >= 4 is 51.2 Å². The number of carbonyl (C=O) groups excluding carboxylic acids is 5. The predicted octanol–water partition coefficient (Wildman–Crippen LogP) is 0.508. The Bertz CT molecular complexity index is 1040. The summed E-state index contributed by atoms with van der Waals surface area (Å²) in [5.74, 6) is -2.21. The molecular weight excluding hydrogens is 530 g/mol. The van der Waals surface area contributed by atoms with Crippen LogP contribution in [0.2, 0.25) is 0 Å². The van der Waals surface area contributed by atoms with Crippen molar-refractivity contribution in [1.82, 2.24) is 26.3 Å². The van der Waals surface area contributed by atoms with Crippen molar-refractivity contribution in [3.8, 4) is 0 Å². The van der Waals surface area contributed by atoms with Gasteiger partial charge in [-0.2, -0.15) is 0 Å². The van der Waals surface area contributed by atoms with Crippen LogP contribution in [0.25, 0.3) is 0 Å². The van der Waals surface area contributed by atoms with Gasteiger partial charge in [0, 0.05) is 30.3 Å². The molecule has 1 aromatic heterocycles. The third-order valence-corrected chi connectivity index (χ3v) is 8.25. The first-order valence-electron chi connectivity index (χ1n) is 12.4. The maximum absolute atomic E-state index is 13.4. The number of aromatic nitrogens is 1. The van der Waals surface area contributed by atoms with Crippen molar-refractivity contribution in [3.05, 3.63) is 42.2 Å². The predicted molar refractivity (Wildman–Crippen MR) is 145 cm³/mol. The van der Waals surface area contributed by atoms with Gasteiger partial charge in [-0.15, -0.1) is 0 Å². The maximum atomic E-state index is 13.4. The Morgan fingerprint density at radius 1 is 1.05 bits per heavy atom. The number of nitrogens with one attached hydrogen (secondary N) is 4.